The largest absolute Gasteiger partial charge is 0.504 e. The summed E-state index contributed by atoms with van der Waals surface area (Å²) < 4.78 is 16.0. The van der Waals surface area contributed by atoms with Crippen LogP contribution in [-0.4, -0.2) is 46.4 Å². The summed E-state index contributed by atoms with van der Waals surface area (Å²) in [7, 11) is 4.08. The highest BCUT2D eigenvalue weighted by Crippen LogP contribution is 2.70. The lowest BCUT2D eigenvalue weighted by molar-refractivity contribution is -0.190. The van der Waals surface area contributed by atoms with E-state index in [9.17, 15) is 5.11 Å². The van der Waals surface area contributed by atoms with Crippen molar-refractivity contribution in [3.05, 3.63) is 94.7 Å². The molecular formula is C32H33ClN2O3. The number of rotatable bonds is 4. The van der Waals surface area contributed by atoms with E-state index in [0.29, 0.717) is 5.75 Å². The number of para-hydroxylation sites is 1. The lowest BCUT2D eigenvalue weighted by Crippen LogP contribution is -2.75. The Morgan fingerprint density at radius 1 is 1.05 bits per heavy atom. The minimum absolute atomic E-state index is 0. The molecule has 1 saturated heterocycles. The molecule has 0 saturated carbocycles. The number of halogens is 1. The molecule has 1 aromatic heterocycles. The van der Waals surface area contributed by atoms with Crippen molar-refractivity contribution in [3.63, 3.8) is 0 Å². The zero-order valence-corrected chi connectivity index (χ0v) is 22.6. The molecule has 0 amide bonds. The molecule has 5 nitrogen and oxygen atoms in total. The van der Waals surface area contributed by atoms with E-state index >= 15 is 0 Å². The highest BCUT2D eigenvalue weighted by Gasteiger charge is 2.73. The Labute approximate surface area is 229 Å². The third-order valence-electron chi connectivity index (χ3n) is 10.1. The Balaban J connectivity index is 0.00000242. The minimum atomic E-state index is -0.435. The number of methoxy groups -OCH3 is 1. The number of hydrogen-bond donors (Lipinski definition) is 1. The van der Waals surface area contributed by atoms with Crippen LogP contribution in [0.5, 0.6) is 11.5 Å². The van der Waals surface area contributed by atoms with E-state index in [1.54, 1.807) is 0 Å². The van der Waals surface area contributed by atoms with E-state index in [-0.39, 0.29) is 35.7 Å². The molecule has 4 aromatic rings. The second-order valence-corrected chi connectivity index (χ2v) is 11.4. The quantitative estimate of drug-likeness (QED) is 0.380. The van der Waals surface area contributed by atoms with Crippen LogP contribution in [0.25, 0.3) is 10.9 Å². The average molecular weight is 529 g/mol. The number of nitrogens with zero attached hydrogens (tertiary/aromatic N) is 2. The van der Waals surface area contributed by atoms with Crippen molar-refractivity contribution in [2.24, 2.45) is 7.05 Å². The number of ether oxygens (including phenoxy) is 2. The maximum atomic E-state index is 11.0. The molecule has 3 heterocycles. The van der Waals surface area contributed by atoms with Gasteiger partial charge in [-0.2, -0.15) is 0 Å². The van der Waals surface area contributed by atoms with Gasteiger partial charge < -0.3 is 19.1 Å². The number of aryl methyl sites for hydroxylation is 1. The molecule has 196 valence electrons. The van der Waals surface area contributed by atoms with Crippen molar-refractivity contribution in [1.29, 1.82) is 0 Å². The molecule has 2 aliphatic carbocycles. The van der Waals surface area contributed by atoms with Crippen LogP contribution in [0.3, 0.4) is 0 Å². The van der Waals surface area contributed by atoms with Gasteiger partial charge in [0.2, 0.25) is 0 Å². The number of piperidine rings is 1. The monoisotopic (exact) mass is 528 g/mol. The third-order valence-corrected chi connectivity index (χ3v) is 10.1. The fourth-order valence-corrected chi connectivity index (χ4v) is 8.63. The molecule has 38 heavy (non-hydrogen) atoms. The predicted molar refractivity (Wildman–Crippen MR) is 151 cm³/mol. The molecule has 6 heteroatoms. The van der Waals surface area contributed by atoms with Gasteiger partial charge >= 0.3 is 0 Å². The van der Waals surface area contributed by atoms with Gasteiger partial charge in [-0.15, -0.1) is 12.4 Å². The average Bonchev–Trinajstić information content (AvgIpc) is 3.42. The van der Waals surface area contributed by atoms with E-state index < -0.39 is 5.60 Å². The number of benzene rings is 3. The number of aromatic hydroxyl groups is 1. The van der Waals surface area contributed by atoms with Gasteiger partial charge in [0, 0.05) is 49.6 Å². The lowest BCUT2D eigenvalue weighted by atomic mass is 9.48. The minimum Gasteiger partial charge on any atom is -0.504 e. The maximum Gasteiger partial charge on any atom is 0.166 e. The summed E-state index contributed by atoms with van der Waals surface area (Å²) in [5, 5.41) is 12.3. The van der Waals surface area contributed by atoms with Crippen LogP contribution in [0.2, 0.25) is 0 Å². The van der Waals surface area contributed by atoms with Gasteiger partial charge in [-0.25, -0.2) is 0 Å². The van der Waals surface area contributed by atoms with Crippen LogP contribution in [0.1, 0.15) is 40.5 Å². The van der Waals surface area contributed by atoms with Gasteiger partial charge in [0.05, 0.1) is 11.1 Å². The Morgan fingerprint density at radius 3 is 2.66 bits per heavy atom. The van der Waals surface area contributed by atoms with Crippen molar-refractivity contribution in [2.45, 2.75) is 48.8 Å². The molecule has 4 aliphatic rings. The van der Waals surface area contributed by atoms with Crippen LogP contribution in [0.4, 0.5) is 0 Å². The Morgan fingerprint density at radius 2 is 1.84 bits per heavy atom. The number of phenolic OH excluding ortho intramolecular Hbond substituents is 1. The van der Waals surface area contributed by atoms with E-state index in [1.807, 2.05) is 13.2 Å². The topological polar surface area (TPSA) is 46.9 Å². The van der Waals surface area contributed by atoms with Gasteiger partial charge in [0.15, 0.2) is 17.6 Å². The zero-order chi connectivity index (χ0) is 24.9. The first-order valence-corrected chi connectivity index (χ1v) is 13.5. The van der Waals surface area contributed by atoms with Crippen LogP contribution >= 0.6 is 12.4 Å². The first-order chi connectivity index (χ1) is 18.1. The summed E-state index contributed by atoms with van der Waals surface area (Å²) in [6, 6.07) is 23.7. The summed E-state index contributed by atoms with van der Waals surface area (Å²) >= 11 is 0. The van der Waals surface area contributed by atoms with Crippen LogP contribution in [0, 0.1) is 0 Å². The number of likely N-dealkylation sites (tertiary alicyclic amines) is 1. The Kier molecular flexibility index (Phi) is 5.23. The summed E-state index contributed by atoms with van der Waals surface area (Å²) in [6.07, 6.45) is 3.54. The smallest absolute Gasteiger partial charge is 0.166 e. The molecule has 0 radical (unpaired) electrons. The van der Waals surface area contributed by atoms with E-state index in [2.05, 4.69) is 77.2 Å². The van der Waals surface area contributed by atoms with Gasteiger partial charge in [-0.05, 0) is 54.6 Å². The van der Waals surface area contributed by atoms with Gasteiger partial charge in [-0.3, -0.25) is 4.90 Å². The number of aromatic nitrogens is 1. The number of phenols is 1. The summed E-state index contributed by atoms with van der Waals surface area (Å²) in [5.74, 6) is 0.927. The second kappa shape index (κ2) is 8.25. The van der Waals surface area contributed by atoms with Crippen molar-refractivity contribution >= 4 is 23.3 Å². The molecule has 0 unspecified atom stereocenters. The second-order valence-electron chi connectivity index (χ2n) is 11.4. The Hall–Kier alpha value is -2.99. The fourth-order valence-electron chi connectivity index (χ4n) is 8.63. The van der Waals surface area contributed by atoms with E-state index in [0.717, 1.165) is 38.8 Å². The zero-order valence-electron chi connectivity index (χ0n) is 21.8. The number of hydrogen-bond acceptors (Lipinski definition) is 4. The van der Waals surface area contributed by atoms with Crippen LogP contribution in [-0.2, 0) is 36.5 Å². The molecule has 2 bridgehead atoms. The first kappa shape index (κ1) is 24.1. The maximum absolute atomic E-state index is 11.0. The van der Waals surface area contributed by atoms with Gasteiger partial charge in [-0.1, -0.05) is 54.6 Å². The molecule has 1 spiro atoms. The molecule has 3 aromatic carbocycles. The normalized spacial score (nSPS) is 28.4. The van der Waals surface area contributed by atoms with Crippen molar-refractivity contribution in [1.82, 2.24) is 9.47 Å². The fraction of sp³-hybridized carbons (Fsp3) is 0.375. The number of fused-ring (bicyclic) bond motifs is 4. The highest BCUT2D eigenvalue weighted by atomic mass is 35.5. The van der Waals surface area contributed by atoms with Gasteiger partial charge in [0.25, 0.3) is 0 Å². The molecule has 1 N–H and O–H groups in total. The summed E-state index contributed by atoms with van der Waals surface area (Å²) in [6.45, 7) is 2.00. The van der Waals surface area contributed by atoms with Gasteiger partial charge in [0.1, 0.15) is 5.60 Å². The predicted octanol–water partition coefficient (Wildman–Crippen LogP) is 5.49. The SMILES string of the molecule is CO[C@@]12Cc3c(n(C)c4ccccc34)[C@@H]3Oc4c(O)ccc5c4[C@@]31CCN(CCc1ccccc1)[C@@H]2C5.Cl. The molecule has 2 aliphatic heterocycles. The van der Waals surface area contributed by atoms with Crippen LogP contribution in [0.15, 0.2) is 66.7 Å². The summed E-state index contributed by atoms with van der Waals surface area (Å²) in [4.78, 5) is 2.68. The standard InChI is InChI=1S/C32H32N2O3.ClH/c1-33-24-11-7-6-10-22(24)23-19-32(36-2)26-18-21-12-13-25(35)29-27(21)31(32,30(37-29)28(23)33)15-17-34(26)16-14-20-8-4-3-5-9-20;/h3-13,26,30,35H,14-19H2,1-2H3;1H/t26-,30+,31+,32-;/m1./s1. The van der Waals surface area contributed by atoms with Crippen molar-refractivity contribution in [2.75, 3.05) is 20.2 Å². The first-order valence-electron chi connectivity index (χ1n) is 13.5. The molecular weight excluding hydrogens is 496 g/mol. The van der Waals surface area contributed by atoms with Crippen molar-refractivity contribution in [3.8, 4) is 11.5 Å². The van der Waals surface area contributed by atoms with Crippen molar-refractivity contribution < 1.29 is 14.6 Å². The molecule has 8 rings (SSSR count). The highest BCUT2D eigenvalue weighted by molar-refractivity contribution is 5.87. The molecule has 4 atom stereocenters. The van der Waals surface area contributed by atoms with E-state index in [1.165, 1.54) is 38.9 Å². The third kappa shape index (κ3) is 2.74. The molecule has 1 fully saturated rings. The lowest BCUT2D eigenvalue weighted by Gasteiger charge is -2.64. The Bertz CT molecular complexity index is 1570. The van der Waals surface area contributed by atoms with Crippen LogP contribution < -0.4 is 4.74 Å². The summed E-state index contributed by atoms with van der Waals surface area (Å²) in [5.41, 5.74) is 6.93. The van der Waals surface area contributed by atoms with E-state index in [4.69, 9.17) is 9.47 Å².